The lowest BCUT2D eigenvalue weighted by Crippen LogP contribution is -2.21. The van der Waals surface area contributed by atoms with Crippen LogP contribution in [0.25, 0.3) is 0 Å². The van der Waals surface area contributed by atoms with E-state index in [0.29, 0.717) is 19.3 Å². The number of benzene rings is 1. The first-order valence-electron chi connectivity index (χ1n) is 13.0. The van der Waals surface area contributed by atoms with Crippen LogP contribution in [-0.4, -0.2) is 64.5 Å². The number of aliphatic hydroxyl groups is 3. The summed E-state index contributed by atoms with van der Waals surface area (Å²) in [5, 5.41) is 40.2. The molecule has 1 aromatic rings. The molecule has 0 radical (unpaired) electrons. The van der Waals surface area contributed by atoms with E-state index < -0.39 is 47.0 Å². The van der Waals surface area contributed by atoms with Gasteiger partial charge >= 0.3 is 12.1 Å². The molecule has 1 fully saturated rings. The lowest BCUT2D eigenvalue weighted by molar-refractivity contribution is -0.759. The van der Waals surface area contributed by atoms with E-state index in [9.17, 15) is 43.4 Å². The fraction of sp³-hybridized carbons (Fsp3) is 0.593. The second-order valence-corrected chi connectivity index (χ2v) is 9.81. The minimum atomic E-state index is -4.51. The first-order valence-corrected chi connectivity index (χ1v) is 13.0. The van der Waals surface area contributed by atoms with Gasteiger partial charge in [0.1, 0.15) is 25.1 Å². The number of alkyl halides is 3. The van der Waals surface area contributed by atoms with Crippen LogP contribution in [0.4, 0.5) is 13.2 Å². The van der Waals surface area contributed by atoms with E-state index in [1.54, 1.807) is 13.0 Å². The Kier molecular flexibility index (Phi) is 13.4. The summed E-state index contributed by atoms with van der Waals surface area (Å²) in [4.78, 5) is 26.2. The van der Waals surface area contributed by atoms with Crippen LogP contribution in [0.5, 0.6) is 5.75 Å². The maximum Gasteiger partial charge on any atom is 0.416 e. The van der Waals surface area contributed by atoms with E-state index in [1.807, 2.05) is 12.2 Å². The number of nitrogens with zero attached hydrogens (tertiary/aromatic N) is 1. The quantitative estimate of drug-likeness (QED) is 0.0878. The second kappa shape index (κ2) is 16.2. The van der Waals surface area contributed by atoms with Crippen molar-refractivity contribution in [2.24, 2.45) is 17.8 Å². The Morgan fingerprint density at radius 3 is 2.65 bits per heavy atom. The van der Waals surface area contributed by atoms with Gasteiger partial charge in [0.05, 0.1) is 24.4 Å². The predicted octanol–water partition coefficient (Wildman–Crippen LogP) is 3.86. The number of halogens is 3. The van der Waals surface area contributed by atoms with Crippen molar-refractivity contribution in [3.8, 4) is 5.75 Å². The van der Waals surface area contributed by atoms with E-state index >= 15 is 0 Å². The molecule has 2 rings (SSSR count). The highest BCUT2D eigenvalue weighted by Gasteiger charge is 2.39. The molecular weight excluding hydrogens is 539 g/mol. The highest BCUT2D eigenvalue weighted by atomic mass is 19.4. The number of carbonyl (C=O) groups excluding carboxylic acids is 1. The van der Waals surface area contributed by atoms with Gasteiger partial charge in [-0.3, -0.25) is 4.79 Å². The van der Waals surface area contributed by atoms with E-state index in [0.717, 1.165) is 12.1 Å². The minimum absolute atomic E-state index is 0.0192. The Hall–Kier alpha value is -3.16. The standard InChI is InChI=1S/C27H36F3NO9/c1-18(16-40-31(36)37)15-39-26(35)10-5-3-2-4-9-22-23(25(34)14-24(22)33)12-11-20(32)17-38-21-8-6-7-19(13-21)27(28,29)30/h2,4,6-8,11-13,18,20,22-25,32-34H,3,5,9-10,14-17H2,1H3/t18?,20-,22-,23-,24+,25-/m1/s1. The summed E-state index contributed by atoms with van der Waals surface area (Å²) in [6.45, 7) is 1.23. The minimum Gasteiger partial charge on any atom is -0.491 e. The number of allylic oxidation sites excluding steroid dienone is 2. The zero-order chi connectivity index (χ0) is 29.7. The van der Waals surface area contributed by atoms with E-state index in [1.165, 1.54) is 18.2 Å². The number of ether oxygens (including phenoxy) is 2. The zero-order valence-electron chi connectivity index (χ0n) is 22.1. The van der Waals surface area contributed by atoms with Crippen LogP contribution in [0.1, 0.15) is 44.6 Å². The Morgan fingerprint density at radius 2 is 1.95 bits per heavy atom. The lowest BCUT2D eigenvalue weighted by atomic mass is 9.89. The van der Waals surface area contributed by atoms with Crippen LogP contribution >= 0.6 is 0 Å². The summed E-state index contributed by atoms with van der Waals surface area (Å²) < 4.78 is 48.8. The molecule has 0 saturated heterocycles. The van der Waals surface area contributed by atoms with Crippen molar-refractivity contribution in [3.05, 3.63) is 64.2 Å². The molecule has 0 bridgehead atoms. The Morgan fingerprint density at radius 1 is 1.20 bits per heavy atom. The molecule has 3 N–H and O–H groups in total. The Bertz CT molecular complexity index is 1000. The molecule has 1 aliphatic carbocycles. The molecule has 0 amide bonds. The van der Waals surface area contributed by atoms with Gasteiger partial charge in [0.25, 0.3) is 5.09 Å². The summed E-state index contributed by atoms with van der Waals surface area (Å²) >= 11 is 0. The van der Waals surface area contributed by atoms with Gasteiger partial charge in [0.2, 0.25) is 0 Å². The third-order valence-electron chi connectivity index (χ3n) is 6.37. The van der Waals surface area contributed by atoms with Gasteiger partial charge in [0, 0.05) is 24.7 Å². The van der Waals surface area contributed by atoms with Gasteiger partial charge in [-0.05, 0) is 43.4 Å². The molecule has 13 heteroatoms. The molecule has 40 heavy (non-hydrogen) atoms. The van der Waals surface area contributed by atoms with Crippen molar-refractivity contribution in [1.29, 1.82) is 0 Å². The van der Waals surface area contributed by atoms with Crippen LogP contribution in [0.15, 0.2) is 48.6 Å². The molecule has 10 nitrogen and oxygen atoms in total. The molecular formula is C27H36F3NO9. The number of carbonyl (C=O) groups is 1. The highest BCUT2D eigenvalue weighted by molar-refractivity contribution is 5.69. The fourth-order valence-electron chi connectivity index (χ4n) is 4.24. The van der Waals surface area contributed by atoms with Crippen molar-refractivity contribution < 1.29 is 52.7 Å². The first-order chi connectivity index (χ1) is 18.9. The zero-order valence-corrected chi connectivity index (χ0v) is 22.1. The van der Waals surface area contributed by atoms with Crippen molar-refractivity contribution in [1.82, 2.24) is 0 Å². The molecule has 1 aliphatic rings. The molecule has 1 unspecified atom stereocenters. The van der Waals surface area contributed by atoms with Crippen LogP contribution in [0, 0.1) is 27.9 Å². The van der Waals surface area contributed by atoms with Crippen LogP contribution in [0.3, 0.4) is 0 Å². The molecule has 1 saturated carbocycles. The molecule has 0 aliphatic heterocycles. The molecule has 0 heterocycles. The molecule has 1 aromatic carbocycles. The third-order valence-corrected chi connectivity index (χ3v) is 6.37. The average Bonchev–Trinajstić information content (AvgIpc) is 3.16. The van der Waals surface area contributed by atoms with Gasteiger partial charge in [0.15, 0.2) is 0 Å². The molecule has 224 valence electrons. The number of hydrogen-bond donors (Lipinski definition) is 3. The number of unbranched alkanes of at least 4 members (excludes halogenated alkanes) is 1. The van der Waals surface area contributed by atoms with Gasteiger partial charge < -0.3 is 29.6 Å². The first kappa shape index (κ1) is 33.0. The number of hydrogen-bond acceptors (Lipinski definition) is 9. The normalized spacial score (nSPS) is 22.9. The summed E-state index contributed by atoms with van der Waals surface area (Å²) in [6, 6.07) is 4.33. The summed E-state index contributed by atoms with van der Waals surface area (Å²) in [5.74, 6) is -1.53. The second-order valence-electron chi connectivity index (χ2n) is 9.81. The lowest BCUT2D eigenvalue weighted by Gasteiger charge is -2.19. The predicted molar refractivity (Wildman–Crippen MR) is 136 cm³/mol. The molecule has 0 aromatic heterocycles. The fourth-order valence-corrected chi connectivity index (χ4v) is 4.24. The van der Waals surface area contributed by atoms with E-state index in [4.69, 9.17) is 9.47 Å². The highest BCUT2D eigenvalue weighted by Crippen LogP contribution is 2.36. The topological polar surface area (TPSA) is 149 Å². The van der Waals surface area contributed by atoms with Gasteiger partial charge in [-0.2, -0.15) is 13.2 Å². The number of rotatable bonds is 16. The van der Waals surface area contributed by atoms with E-state index in [-0.39, 0.29) is 50.2 Å². The maximum atomic E-state index is 12.8. The van der Waals surface area contributed by atoms with Crippen molar-refractivity contribution in [2.75, 3.05) is 19.8 Å². The van der Waals surface area contributed by atoms with Crippen LogP contribution in [0.2, 0.25) is 0 Å². The monoisotopic (exact) mass is 575 g/mol. The molecule has 0 spiro atoms. The van der Waals surface area contributed by atoms with Gasteiger partial charge in [-0.1, -0.05) is 37.3 Å². The summed E-state index contributed by atoms with van der Waals surface area (Å²) in [5.41, 5.74) is -0.860. The molecule has 6 atom stereocenters. The number of esters is 1. The Labute approximate surface area is 230 Å². The van der Waals surface area contributed by atoms with Gasteiger partial charge in [-0.15, -0.1) is 10.1 Å². The Balaban J connectivity index is 1.74. The van der Waals surface area contributed by atoms with Crippen LogP contribution < -0.4 is 4.74 Å². The SMILES string of the molecule is CC(COC(=O)CCCC=CC[C@@H]1[C@@H](C=C[C@@H](O)COc2cccc(C(F)(F)F)c2)[C@H](O)C[C@@H]1O)CO[N+](=O)[O-]. The summed E-state index contributed by atoms with van der Waals surface area (Å²) in [6.07, 6.45) is 1.34. The van der Waals surface area contributed by atoms with E-state index in [2.05, 4.69) is 4.84 Å². The smallest absolute Gasteiger partial charge is 0.416 e. The largest absolute Gasteiger partial charge is 0.491 e. The van der Waals surface area contributed by atoms with Crippen molar-refractivity contribution in [2.45, 2.75) is 63.5 Å². The van der Waals surface area contributed by atoms with Crippen molar-refractivity contribution in [3.63, 3.8) is 0 Å². The maximum absolute atomic E-state index is 12.8. The third kappa shape index (κ3) is 11.9. The van der Waals surface area contributed by atoms with Gasteiger partial charge in [-0.25, -0.2) is 0 Å². The number of aliphatic hydroxyl groups excluding tert-OH is 3. The van der Waals surface area contributed by atoms with Crippen molar-refractivity contribution >= 4 is 5.97 Å². The van der Waals surface area contributed by atoms with Crippen LogP contribution in [-0.2, 0) is 20.5 Å². The summed E-state index contributed by atoms with van der Waals surface area (Å²) in [7, 11) is 0. The average molecular weight is 576 g/mol.